The third kappa shape index (κ3) is 1.49. The van der Waals surface area contributed by atoms with Crippen LogP contribution < -0.4 is 5.32 Å². The minimum Gasteiger partial charge on any atom is -0.316 e. The Morgan fingerprint density at radius 2 is 2.44 bits per heavy atom. The number of nitrogens with one attached hydrogen (secondary N) is 1. The summed E-state index contributed by atoms with van der Waals surface area (Å²) in [6.45, 7) is 0. The van der Waals surface area contributed by atoms with Crippen LogP contribution in [0.2, 0.25) is 0 Å². The summed E-state index contributed by atoms with van der Waals surface area (Å²) in [5, 5.41) is 9.32. The van der Waals surface area contributed by atoms with Gasteiger partial charge in [0.05, 0.1) is 18.1 Å². The van der Waals surface area contributed by atoms with Crippen molar-refractivity contribution in [3.05, 3.63) is 18.5 Å². The maximum Gasteiger partial charge on any atom is 0.314 e. The molecule has 0 aliphatic carbocycles. The van der Waals surface area contributed by atoms with Crippen molar-refractivity contribution in [2.45, 2.75) is 0 Å². The molecule has 0 aliphatic rings. The molecule has 9 heavy (non-hydrogen) atoms. The molecule has 1 amide bonds. The first-order valence-electron chi connectivity index (χ1n) is 2.33. The number of rotatable bonds is 2. The highest BCUT2D eigenvalue weighted by molar-refractivity contribution is 5.70. The van der Waals surface area contributed by atoms with Crippen molar-refractivity contribution in [3.63, 3.8) is 0 Å². The van der Waals surface area contributed by atoms with E-state index in [0.717, 1.165) is 0 Å². The average molecular weight is 122 g/mol. The van der Waals surface area contributed by atoms with Crippen molar-refractivity contribution in [1.82, 2.24) is 10.2 Å². The lowest BCUT2D eigenvalue weighted by Crippen LogP contribution is -1.93. The van der Waals surface area contributed by atoms with Crippen LogP contribution in [0.1, 0.15) is 0 Å². The SMILES string of the molecule is O=[C]Nc1ccnnc1. The number of hydrogen-bond acceptors (Lipinski definition) is 3. The van der Waals surface area contributed by atoms with Crippen LogP contribution in [-0.2, 0) is 4.79 Å². The molecule has 0 fully saturated rings. The Kier molecular flexibility index (Phi) is 1.74. The van der Waals surface area contributed by atoms with Crippen LogP contribution in [0.15, 0.2) is 18.5 Å². The van der Waals surface area contributed by atoms with E-state index in [1.54, 1.807) is 6.07 Å². The Morgan fingerprint density at radius 3 is 3.00 bits per heavy atom. The van der Waals surface area contributed by atoms with Gasteiger partial charge >= 0.3 is 6.41 Å². The van der Waals surface area contributed by atoms with Crippen molar-refractivity contribution in [3.8, 4) is 0 Å². The smallest absolute Gasteiger partial charge is 0.314 e. The summed E-state index contributed by atoms with van der Waals surface area (Å²) in [5.74, 6) is 0. The molecule has 0 unspecified atom stereocenters. The molecule has 1 aromatic heterocycles. The van der Waals surface area contributed by atoms with Gasteiger partial charge in [0.1, 0.15) is 0 Å². The minimum atomic E-state index is 0.597. The Balaban J connectivity index is 2.72. The van der Waals surface area contributed by atoms with Crippen molar-refractivity contribution < 1.29 is 4.79 Å². The Bertz CT molecular complexity index is 187. The summed E-state index contributed by atoms with van der Waals surface area (Å²) in [6.07, 6.45) is 4.44. The van der Waals surface area contributed by atoms with Gasteiger partial charge in [0, 0.05) is 0 Å². The van der Waals surface area contributed by atoms with Gasteiger partial charge in [-0.15, -0.1) is 0 Å². The topological polar surface area (TPSA) is 54.9 Å². The molecule has 1 heterocycles. The van der Waals surface area contributed by atoms with Gasteiger partial charge in [-0.3, -0.25) is 4.79 Å². The molecule has 0 atom stereocenters. The number of anilines is 1. The predicted octanol–water partition coefficient (Wildman–Crippen LogP) is -0.0443. The van der Waals surface area contributed by atoms with Gasteiger partial charge in [0.25, 0.3) is 0 Å². The number of nitrogens with zero attached hydrogens (tertiary/aromatic N) is 2. The molecule has 0 saturated carbocycles. The maximum absolute atomic E-state index is 9.69. The molecular weight excluding hydrogens is 118 g/mol. The lowest BCUT2D eigenvalue weighted by Gasteiger charge is -1.90. The molecule has 0 aliphatic heterocycles. The minimum absolute atomic E-state index is 0.597. The lowest BCUT2D eigenvalue weighted by molar-refractivity contribution is 0.561. The van der Waals surface area contributed by atoms with E-state index < -0.39 is 0 Å². The zero-order valence-electron chi connectivity index (χ0n) is 4.53. The fourth-order valence-corrected chi connectivity index (χ4v) is 0.424. The van der Waals surface area contributed by atoms with E-state index in [0.29, 0.717) is 5.69 Å². The van der Waals surface area contributed by atoms with Gasteiger partial charge in [-0.05, 0) is 6.07 Å². The standard InChI is InChI=1S/C5H4N3O/c9-4-6-5-1-2-7-8-3-5/h1-3H,(H,6,7,9). The van der Waals surface area contributed by atoms with Gasteiger partial charge in [-0.2, -0.15) is 10.2 Å². The van der Waals surface area contributed by atoms with E-state index in [1.165, 1.54) is 18.8 Å². The number of hydrogen-bond donors (Lipinski definition) is 1. The fourth-order valence-electron chi connectivity index (χ4n) is 0.424. The van der Waals surface area contributed by atoms with E-state index in [1.807, 2.05) is 0 Å². The average Bonchev–Trinajstić information content (AvgIpc) is 1.91. The Hall–Kier alpha value is -1.45. The highest BCUT2D eigenvalue weighted by Crippen LogP contribution is 1.97. The zero-order chi connectivity index (χ0) is 6.53. The molecule has 4 heteroatoms. The van der Waals surface area contributed by atoms with Crippen LogP contribution in [0.3, 0.4) is 0 Å². The van der Waals surface area contributed by atoms with Crippen molar-refractivity contribution in [2.24, 2.45) is 0 Å². The van der Waals surface area contributed by atoms with Crippen molar-refractivity contribution in [2.75, 3.05) is 5.32 Å². The molecule has 45 valence electrons. The van der Waals surface area contributed by atoms with Gasteiger partial charge in [0.15, 0.2) is 0 Å². The third-order valence-corrected chi connectivity index (χ3v) is 0.780. The molecule has 0 spiro atoms. The highest BCUT2D eigenvalue weighted by atomic mass is 16.1. The summed E-state index contributed by atoms with van der Waals surface area (Å²) in [6, 6.07) is 1.62. The van der Waals surface area contributed by atoms with E-state index in [4.69, 9.17) is 0 Å². The summed E-state index contributed by atoms with van der Waals surface area (Å²) in [7, 11) is 0. The van der Waals surface area contributed by atoms with E-state index in [9.17, 15) is 4.79 Å². The van der Waals surface area contributed by atoms with Crippen LogP contribution in [0, 0.1) is 0 Å². The quantitative estimate of drug-likeness (QED) is 0.560. The van der Waals surface area contributed by atoms with Crippen molar-refractivity contribution >= 4 is 12.1 Å². The maximum atomic E-state index is 9.69. The number of aromatic nitrogens is 2. The molecule has 0 aromatic carbocycles. The van der Waals surface area contributed by atoms with Gasteiger partial charge in [-0.25, -0.2) is 0 Å². The summed E-state index contributed by atoms with van der Waals surface area (Å²) in [5.41, 5.74) is 0.597. The summed E-state index contributed by atoms with van der Waals surface area (Å²) >= 11 is 0. The molecule has 1 aromatic rings. The second kappa shape index (κ2) is 2.76. The predicted molar refractivity (Wildman–Crippen MR) is 31.3 cm³/mol. The molecule has 0 saturated heterocycles. The van der Waals surface area contributed by atoms with Gasteiger partial charge in [-0.1, -0.05) is 0 Å². The van der Waals surface area contributed by atoms with Gasteiger partial charge < -0.3 is 5.32 Å². The molecule has 1 N–H and O–H groups in total. The van der Waals surface area contributed by atoms with Crippen molar-refractivity contribution in [1.29, 1.82) is 0 Å². The van der Waals surface area contributed by atoms with Crippen LogP contribution in [0.4, 0.5) is 5.69 Å². The van der Waals surface area contributed by atoms with Gasteiger partial charge in [0.2, 0.25) is 0 Å². The zero-order valence-corrected chi connectivity index (χ0v) is 4.53. The largest absolute Gasteiger partial charge is 0.316 e. The normalized spacial score (nSPS) is 8.44. The second-order valence-electron chi connectivity index (χ2n) is 1.36. The van der Waals surface area contributed by atoms with Crippen LogP contribution >= 0.6 is 0 Å². The van der Waals surface area contributed by atoms with Crippen LogP contribution in [-0.4, -0.2) is 16.6 Å². The number of amides is 1. The molecule has 0 bridgehead atoms. The molecular formula is C5H4N3O. The second-order valence-corrected chi connectivity index (χ2v) is 1.36. The monoisotopic (exact) mass is 122 g/mol. The first-order valence-corrected chi connectivity index (χ1v) is 2.33. The molecule has 1 radical (unpaired) electrons. The fraction of sp³-hybridized carbons (Fsp3) is 0. The molecule has 4 nitrogen and oxygen atoms in total. The van der Waals surface area contributed by atoms with Crippen LogP contribution in [0.5, 0.6) is 0 Å². The molecule has 1 rings (SSSR count). The first kappa shape index (κ1) is 5.68. The number of carbonyl (C=O) groups excluding carboxylic acids is 1. The third-order valence-electron chi connectivity index (χ3n) is 0.780. The van der Waals surface area contributed by atoms with E-state index >= 15 is 0 Å². The van der Waals surface area contributed by atoms with E-state index in [-0.39, 0.29) is 0 Å². The lowest BCUT2D eigenvalue weighted by atomic mass is 10.5. The Morgan fingerprint density at radius 1 is 1.56 bits per heavy atom. The Labute approximate surface area is 51.9 Å². The summed E-state index contributed by atoms with van der Waals surface area (Å²) < 4.78 is 0. The van der Waals surface area contributed by atoms with Crippen LogP contribution in [0.25, 0.3) is 0 Å². The summed E-state index contributed by atoms with van der Waals surface area (Å²) in [4.78, 5) is 9.69. The highest BCUT2D eigenvalue weighted by Gasteiger charge is 1.85. The van der Waals surface area contributed by atoms with E-state index in [2.05, 4.69) is 15.5 Å². The first-order chi connectivity index (χ1) is 4.43.